The van der Waals surface area contributed by atoms with Crippen molar-refractivity contribution in [1.82, 2.24) is 20.3 Å². The van der Waals surface area contributed by atoms with Crippen LogP contribution in [-0.2, 0) is 6.42 Å². The Labute approximate surface area is 260 Å². The fourth-order valence-electron chi connectivity index (χ4n) is 4.08. The topological polar surface area (TPSA) is 162 Å². The summed E-state index contributed by atoms with van der Waals surface area (Å²) in [6.45, 7) is 0.451. The molecule has 3 aromatic carbocycles. The number of urea groups is 1. The molecule has 0 aliphatic carbocycles. The smallest absolute Gasteiger partial charge is 0.339 e. The molecule has 2 heterocycles. The number of hydrogen-bond acceptors (Lipinski definition) is 10. The minimum Gasteiger partial charge on any atom is -0.493 e. The number of rotatable bonds is 10. The second-order valence-electron chi connectivity index (χ2n) is 9.20. The fourth-order valence-corrected chi connectivity index (χ4v) is 4.27. The molecule has 13 nitrogen and oxygen atoms in total. The summed E-state index contributed by atoms with van der Waals surface area (Å²) in [5.74, 6) is 0.638. The average molecular weight is 632 g/mol. The molecular weight excluding hydrogens is 605 g/mol. The summed E-state index contributed by atoms with van der Waals surface area (Å²) < 4.78 is 35.0. The lowest BCUT2D eigenvalue weighted by Gasteiger charge is -2.13. The van der Waals surface area contributed by atoms with Gasteiger partial charge in [0.25, 0.3) is 0 Å². The molecular formula is C30H26FN7O6S. The van der Waals surface area contributed by atoms with Crippen molar-refractivity contribution in [3.05, 3.63) is 94.6 Å². The number of para-hydroxylation sites is 1. The molecule has 5 rings (SSSR count). The number of fused-ring (bicyclic) bond motifs is 1. The Balaban J connectivity index is 1.33. The van der Waals surface area contributed by atoms with Gasteiger partial charge in [0.05, 0.1) is 25.7 Å². The van der Waals surface area contributed by atoms with Gasteiger partial charge in [-0.05, 0) is 72.7 Å². The highest BCUT2D eigenvalue weighted by atomic mass is 32.1. The highest BCUT2D eigenvalue weighted by molar-refractivity contribution is 7.80. The number of halogens is 1. The van der Waals surface area contributed by atoms with Gasteiger partial charge in [0.1, 0.15) is 17.1 Å². The SMILES string of the molecule is COc1ccc(CCNC(=S)Nc2nc(NC(=O)Nc3ccc(F)cc3)nc(Oc3cc(=O)oc4ccccc34)n2)cc1OC. The van der Waals surface area contributed by atoms with E-state index in [2.05, 4.69) is 36.2 Å². The van der Waals surface area contributed by atoms with Crippen molar-refractivity contribution in [2.75, 3.05) is 36.7 Å². The summed E-state index contributed by atoms with van der Waals surface area (Å²) in [6.07, 6.45) is 0.605. The first-order chi connectivity index (χ1) is 21.8. The molecule has 5 aromatic rings. The van der Waals surface area contributed by atoms with Gasteiger partial charge in [-0.15, -0.1) is 0 Å². The van der Waals surface area contributed by atoms with Crippen molar-refractivity contribution in [2.45, 2.75) is 6.42 Å². The number of amides is 2. The van der Waals surface area contributed by atoms with Gasteiger partial charge in [0.2, 0.25) is 11.9 Å². The Morgan fingerprint density at radius 1 is 0.867 bits per heavy atom. The minimum atomic E-state index is -0.717. The zero-order chi connectivity index (χ0) is 31.8. The quantitative estimate of drug-likeness (QED) is 0.119. The molecule has 0 aliphatic heterocycles. The largest absolute Gasteiger partial charge is 0.493 e. The van der Waals surface area contributed by atoms with Gasteiger partial charge in [-0.2, -0.15) is 15.0 Å². The number of benzene rings is 3. The number of carbonyl (C=O) groups excluding carboxylic acids is 1. The molecule has 2 aromatic heterocycles. The maximum absolute atomic E-state index is 13.3. The fraction of sp³-hybridized carbons (Fsp3) is 0.133. The number of ether oxygens (including phenoxy) is 3. The van der Waals surface area contributed by atoms with Crippen molar-refractivity contribution in [3.8, 4) is 23.3 Å². The van der Waals surface area contributed by atoms with E-state index in [0.29, 0.717) is 41.1 Å². The molecule has 15 heteroatoms. The maximum atomic E-state index is 13.3. The Bertz CT molecular complexity index is 1910. The zero-order valence-electron chi connectivity index (χ0n) is 23.9. The molecule has 2 amide bonds. The van der Waals surface area contributed by atoms with Crippen molar-refractivity contribution in [2.24, 2.45) is 0 Å². The predicted octanol–water partition coefficient (Wildman–Crippen LogP) is 5.10. The summed E-state index contributed by atoms with van der Waals surface area (Å²) in [7, 11) is 3.13. The third-order valence-electron chi connectivity index (χ3n) is 6.13. The van der Waals surface area contributed by atoms with Crippen LogP contribution in [0.25, 0.3) is 11.0 Å². The molecule has 0 saturated heterocycles. The molecule has 0 saturated carbocycles. The van der Waals surface area contributed by atoms with Gasteiger partial charge < -0.3 is 34.6 Å². The van der Waals surface area contributed by atoms with E-state index in [1.54, 1.807) is 38.5 Å². The first-order valence-electron chi connectivity index (χ1n) is 13.4. The summed E-state index contributed by atoms with van der Waals surface area (Å²) in [6, 6.07) is 17.7. The summed E-state index contributed by atoms with van der Waals surface area (Å²) >= 11 is 5.43. The number of hydrogen-bond donors (Lipinski definition) is 4. The summed E-state index contributed by atoms with van der Waals surface area (Å²) in [5, 5.41) is 11.6. The first kappa shape index (κ1) is 30.6. The molecule has 45 heavy (non-hydrogen) atoms. The van der Waals surface area contributed by atoms with Crippen molar-refractivity contribution >= 4 is 51.9 Å². The summed E-state index contributed by atoms with van der Waals surface area (Å²) in [4.78, 5) is 37.4. The Kier molecular flexibility index (Phi) is 9.59. The maximum Gasteiger partial charge on any atom is 0.339 e. The van der Waals surface area contributed by atoms with E-state index in [1.165, 1.54) is 24.3 Å². The number of thiocarbonyl (C=S) groups is 1. The number of methoxy groups -OCH3 is 2. The Hall–Kier alpha value is -5.83. The molecule has 230 valence electrons. The van der Waals surface area contributed by atoms with Gasteiger partial charge in [0.15, 0.2) is 16.6 Å². The zero-order valence-corrected chi connectivity index (χ0v) is 24.7. The van der Waals surface area contributed by atoms with E-state index < -0.39 is 17.5 Å². The lowest BCUT2D eigenvalue weighted by molar-refractivity contribution is 0.262. The van der Waals surface area contributed by atoms with Crippen LogP contribution in [0.1, 0.15) is 5.56 Å². The van der Waals surface area contributed by atoms with E-state index in [-0.39, 0.29) is 28.8 Å². The second-order valence-corrected chi connectivity index (χ2v) is 9.61. The van der Waals surface area contributed by atoms with Gasteiger partial charge in [-0.3, -0.25) is 5.32 Å². The van der Waals surface area contributed by atoms with Crippen molar-refractivity contribution < 1.29 is 27.8 Å². The lowest BCUT2D eigenvalue weighted by atomic mass is 10.1. The van der Waals surface area contributed by atoms with Crippen LogP contribution in [0.5, 0.6) is 23.3 Å². The molecule has 4 N–H and O–H groups in total. The van der Waals surface area contributed by atoms with Gasteiger partial charge in [-0.1, -0.05) is 18.2 Å². The van der Waals surface area contributed by atoms with Crippen LogP contribution in [0, 0.1) is 5.82 Å². The highest BCUT2D eigenvalue weighted by Crippen LogP contribution is 2.28. The van der Waals surface area contributed by atoms with Crippen LogP contribution in [0.15, 0.2) is 82.0 Å². The van der Waals surface area contributed by atoms with E-state index in [9.17, 15) is 14.0 Å². The van der Waals surface area contributed by atoms with Crippen LogP contribution < -0.4 is 41.1 Å². The first-order valence-corrected chi connectivity index (χ1v) is 13.8. The monoisotopic (exact) mass is 631 g/mol. The van der Waals surface area contributed by atoms with Crippen LogP contribution in [0.3, 0.4) is 0 Å². The number of aromatic nitrogens is 3. The highest BCUT2D eigenvalue weighted by Gasteiger charge is 2.15. The van der Waals surface area contributed by atoms with Crippen LogP contribution >= 0.6 is 12.2 Å². The number of anilines is 3. The van der Waals surface area contributed by atoms with Gasteiger partial charge in [-0.25, -0.2) is 14.0 Å². The molecule has 0 bridgehead atoms. The van der Waals surface area contributed by atoms with E-state index in [1.807, 2.05) is 18.2 Å². The van der Waals surface area contributed by atoms with Gasteiger partial charge in [0, 0.05) is 12.2 Å². The predicted molar refractivity (Wildman–Crippen MR) is 169 cm³/mol. The second kappa shape index (κ2) is 14.1. The Morgan fingerprint density at radius 2 is 1.60 bits per heavy atom. The van der Waals surface area contributed by atoms with Crippen LogP contribution in [-0.4, -0.2) is 46.9 Å². The number of nitrogens with one attached hydrogen (secondary N) is 4. The molecule has 0 fully saturated rings. The molecule has 0 atom stereocenters. The van der Waals surface area contributed by atoms with Gasteiger partial charge >= 0.3 is 17.7 Å². The summed E-state index contributed by atoms with van der Waals surface area (Å²) in [5.41, 5.74) is 0.967. The third kappa shape index (κ3) is 8.17. The third-order valence-corrected chi connectivity index (χ3v) is 6.37. The standard InChI is InChI=1S/C30H26FN7O6S/c1-41-22-12-7-17(15-24(22)42-2)13-14-32-30(45)38-27-34-26(35-28(40)33-19-10-8-18(31)9-11-19)36-29(37-27)44-23-16-25(39)43-21-6-4-3-5-20(21)23/h3-12,15-16H,13-14H2,1-2H3,(H4,32,33,34,35,36,37,38,40,45). The van der Waals surface area contributed by atoms with E-state index in [0.717, 1.165) is 11.6 Å². The number of nitrogens with zero attached hydrogens (tertiary/aromatic N) is 3. The van der Waals surface area contributed by atoms with Crippen molar-refractivity contribution in [3.63, 3.8) is 0 Å². The average Bonchev–Trinajstić information content (AvgIpc) is 3.02. The normalized spacial score (nSPS) is 10.6. The van der Waals surface area contributed by atoms with E-state index in [4.69, 9.17) is 30.8 Å². The molecule has 0 unspecified atom stereocenters. The van der Waals surface area contributed by atoms with Crippen molar-refractivity contribution in [1.29, 1.82) is 0 Å². The lowest BCUT2D eigenvalue weighted by Crippen LogP contribution is -2.31. The van der Waals surface area contributed by atoms with E-state index >= 15 is 0 Å². The molecule has 0 aliphatic rings. The molecule has 0 radical (unpaired) electrons. The molecule has 0 spiro atoms. The van der Waals surface area contributed by atoms with Crippen LogP contribution in [0.2, 0.25) is 0 Å². The number of carbonyl (C=O) groups is 1. The minimum absolute atomic E-state index is 0.0621. The Morgan fingerprint density at radius 3 is 2.36 bits per heavy atom. The van der Waals surface area contributed by atoms with Crippen LogP contribution in [0.4, 0.5) is 26.8 Å².